The minimum absolute atomic E-state index is 0.0110. The van der Waals surface area contributed by atoms with E-state index in [1.165, 1.54) is 0 Å². The molecule has 1 aromatic carbocycles. The lowest BCUT2D eigenvalue weighted by Gasteiger charge is -2.39. The molecule has 5 rings (SSSR count). The van der Waals surface area contributed by atoms with E-state index in [1.807, 2.05) is 35.2 Å². The number of ether oxygens (including phenoxy) is 1. The van der Waals surface area contributed by atoms with Crippen LogP contribution < -0.4 is 4.74 Å². The van der Waals surface area contributed by atoms with E-state index in [4.69, 9.17) is 4.74 Å². The van der Waals surface area contributed by atoms with Crippen molar-refractivity contribution in [3.63, 3.8) is 0 Å². The lowest BCUT2D eigenvalue weighted by Crippen LogP contribution is -2.50. The smallest absolute Gasteiger partial charge is 0.242 e. The molecular weight excluding hydrogens is 458 g/mol. The summed E-state index contributed by atoms with van der Waals surface area (Å²) < 4.78 is 6.08. The molecular formula is C28H37N3O5. The number of likely N-dealkylation sites (tertiary alicyclic amines) is 1. The van der Waals surface area contributed by atoms with Crippen LogP contribution in [0.3, 0.4) is 0 Å². The molecule has 2 saturated heterocycles. The minimum atomic E-state index is -0.427. The van der Waals surface area contributed by atoms with E-state index in [1.54, 1.807) is 9.80 Å². The SMILES string of the molecule is O=C(C[C@@H]1CCN2C[C@@H]1C=CCOc1ccccc1CN(C(=O)C1CCC1)CC2=O)N1CC[C@@H](O)C1. The molecule has 1 N–H and O–H groups in total. The van der Waals surface area contributed by atoms with E-state index in [-0.39, 0.29) is 42.0 Å². The molecule has 3 heterocycles. The zero-order chi connectivity index (χ0) is 25.1. The monoisotopic (exact) mass is 495 g/mol. The van der Waals surface area contributed by atoms with E-state index in [0.29, 0.717) is 52.2 Å². The van der Waals surface area contributed by atoms with Crippen molar-refractivity contribution in [1.29, 1.82) is 0 Å². The number of aliphatic hydroxyl groups is 1. The number of benzene rings is 1. The van der Waals surface area contributed by atoms with E-state index in [0.717, 1.165) is 37.0 Å². The van der Waals surface area contributed by atoms with E-state index < -0.39 is 6.10 Å². The molecule has 0 aromatic heterocycles. The van der Waals surface area contributed by atoms with Crippen LogP contribution in [0.1, 0.15) is 44.1 Å². The van der Waals surface area contributed by atoms with Crippen molar-refractivity contribution in [2.75, 3.05) is 39.3 Å². The molecule has 3 amide bonds. The minimum Gasteiger partial charge on any atom is -0.489 e. The van der Waals surface area contributed by atoms with Crippen LogP contribution in [0.2, 0.25) is 0 Å². The number of carbonyl (C=O) groups is 3. The number of aliphatic hydroxyl groups excluding tert-OH is 1. The van der Waals surface area contributed by atoms with Crippen LogP contribution in [0.4, 0.5) is 0 Å². The molecule has 2 bridgehead atoms. The van der Waals surface area contributed by atoms with Gasteiger partial charge in [0.2, 0.25) is 17.7 Å². The van der Waals surface area contributed by atoms with Crippen molar-refractivity contribution in [3.8, 4) is 5.75 Å². The van der Waals surface area contributed by atoms with Crippen LogP contribution in [-0.4, -0.2) is 83.0 Å². The van der Waals surface area contributed by atoms with Gasteiger partial charge in [-0.3, -0.25) is 14.4 Å². The van der Waals surface area contributed by atoms with Crippen LogP contribution in [0.15, 0.2) is 36.4 Å². The van der Waals surface area contributed by atoms with Crippen LogP contribution >= 0.6 is 0 Å². The van der Waals surface area contributed by atoms with Gasteiger partial charge in [-0.05, 0) is 43.6 Å². The Kier molecular flexibility index (Phi) is 7.60. The fraction of sp³-hybridized carbons (Fsp3) is 0.607. The van der Waals surface area contributed by atoms with Gasteiger partial charge in [0.25, 0.3) is 0 Å². The Labute approximate surface area is 212 Å². The molecule has 36 heavy (non-hydrogen) atoms. The topological polar surface area (TPSA) is 90.4 Å². The second-order valence-electron chi connectivity index (χ2n) is 10.7. The number of carbonyl (C=O) groups excluding carboxylic acids is 3. The number of amides is 3. The summed E-state index contributed by atoms with van der Waals surface area (Å²) in [6.45, 7) is 2.95. The predicted octanol–water partition coefficient (Wildman–Crippen LogP) is 2.21. The maximum absolute atomic E-state index is 13.4. The summed E-state index contributed by atoms with van der Waals surface area (Å²) in [5, 5.41) is 9.82. The Hall–Kier alpha value is -2.87. The van der Waals surface area contributed by atoms with Gasteiger partial charge < -0.3 is 24.5 Å². The van der Waals surface area contributed by atoms with Gasteiger partial charge in [0, 0.05) is 50.6 Å². The average Bonchev–Trinajstić information content (AvgIpc) is 3.28. The van der Waals surface area contributed by atoms with Gasteiger partial charge >= 0.3 is 0 Å². The number of nitrogens with zero attached hydrogens (tertiary/aromatic N) is 3. The molecule has 1 saturated carbocycles. The Balaban J connectivity index is 1.34. The van der Waals surface area contributed by atoms with Gasteiger partial charge in [-0.15, -0.1) is 0 Å². The first kappa shape index (κ1) is 24.8. The normalized spacial score (nSPS) is 27.3. The maximum atomic E-state index is 13.4. The first-order valence-electron chi connectivity index (χ1n) is 13.4. The molecule has 194 valence electrons. The Bertz CT molecular complexity index is 1010. The number of β-amino-alcohol motifs (C(OH)–C–C–N with tert-alkyl or cyclic N) is 1. The van der Waals surface area contributed by atoms with Gasteiger partial charge in [0.15, 0.2) is 0 Å². The number of fused-ring (bicyclic) bond motifs is 3. The molecule has 1 aliphatic carbocycles. The fourth-order valence-corrected chi connectivity index (χ4v) is 5.79. The lowest BCUT2D eigenvalue weighted by atomic mass is 9.82. The highest BCUT2D eigenvalue weighted by Crippen LogP contribution is 2.32. The molecule has 3 atom stereocenters. The molecule has 0 unspecified atom stereocenters. The Morgan fingerprint density at radius 3 is 2.58 bits per heavy atom. The van der Waals surface area contributed by atoms with Crippen LogP contribution in [0, 0.1) is 17.8 Å². The van der Waals surface area contributed by atoms with Crippen LogP contribution in [0.5, 0.6) is 5.75 Å². The number of piperidine rings is 1. The Morgan fingerprint density at radius 2 is 1.83 bits per heavy atom. The number of rotatable bonds is 3. The second-order valence-corrected chi connectivity index (χ2v) is 10.7. The van der Waals surface area contributed by atoms with E-state index >= 15 is 0 Å². The van der Waals surface area contributed by atoms with Crippen molar-refractivity contribution in [2.24, 2.45) is 17.8 Å². The number of hydrogen-bond donors (Lipinski definition) is 1. The Morgan fingerprint density at radius 1 is 1.00 bits per heavy atom. The van der Waals surface area contributed by atoms with E-state index in [9.17, 15) is 19.5 Å². The van der Waals surface area contributed by atoms with Crippen LogP contribution in [0.25, 0.3) is 0 Å². The summed E-state index contributed by atoms with van der Waals surface area (Å²) >= 11 is 0. The fourth-order valence-electron chi connectivity index (χ4n) is 5.79. The molecule has 3 aliphatic heterocycles. The maximum Gasteiger partial charge on any atom is 0.242 e. The van der Waals surface area contributed by atoms with Crippen molar-refractivity contribution in [3.05, 3.63) is 42.0 Å². The zero-order valence-electron chi connectivity index (χ0n) is 20.9. The van der Waals surface area contributed by atoms with Gasteiger partial charge in [-0.1, -0.05) is 36.8 Å². The average molecular weight is 496 g/mol. The molecule has 0 radical (unpaired) electrons. The summed E-state index contributed by atoms with van der Waals surface area (Å²) in [7, 11) is 0. The third-order valence-corrected chi connectivity index (χ3v) is 8.26. The molecule has 1 aromatic rings. The summed E-state index contributed by atoms with van der Waals surface area (Å²) in [4.78, 5) is 44.9. The largest absolute Gasteiger partial charge is 0.489 e. The third-order valence-electron chi connectivity index (χ3n) is 8.26. The van der Waals surface area contributed by atoms with Crippen molar-refractivity contribution < 1.29 is 24.2 Å². The lowest BCUT2D eigenvalue weighted by molar-refractivity contribution is -0.146. The quantitative estimate of drug-likeness (QED) is 0.650. The predicted molar refractivity (Wildman–Crippen MR) is 134 cm³/mol. The van der Waals surface area contributed by atoms with Crippen LogP contribution in [-0.2, 0) is 20.9 Å². The highest BCUT2D eigenvalue weighted by molar-refractivity contribution is 5.86. The second kappa shape index (κ2) is 11.0. The highest BCUT2D eigenvalue weighted by Gasteiger charge is 2.36. The van der Waals surface area contributed by atoms with Gasteiger partial charge in [0.1, 0.15) is 18.9 Å². The molecule has 0 spiro atoms. The van der Waals surface area contributed by atoms with Gasteiger partial charge in [0.05, 0.1) is 6.10 Å². The molecule has 3 fully saturated rings. The standard InChI is InChI=1S/C28H37N3O5/c32-24-11-13-30(18-24)26(33)15-21-10-12-29-16-22(21)8-4-14-36-25-9-2-1-5-23(25)17-31(19-27(29)34)28(35)20-6-3-7-20/h1-2,4-5,8-9,20-22,24,32H,3,6-7,10-19H2/t21-,22-,24+/m0/s1. The summed E-state index contributed by atoms with van der Waals surface area (Å²) in [5.74, 6) is 0.999. The van der Waals surface area contributed by atoms with Crippen molar-refractivity contribution in [1.82, 2.24) is 14.7 Å². The molecule has 4 aliphatic rings. The number of para-hydroxylation sites is 1. The number of hydrogen-bond acceptors (Lipinski definition) is 5. The summed E-state index contributed by atoms with van der Waals surface area (Å²) in [6, 6.07) is 7.71. The molecule has 8 nitrogen and oxygen atoms in total. The first-order chi connectivity index (χ1) is 17.5. The zero-order valence-corrected chi connectivity index (χ0v) is 20.9. The molecule has 8 heteroatoms. The highest BCUT2D eigenvalue weighted by atomic mass is 16.5. The van der Waals surface area contributed by atoms with Gasteiger partial charge in [-0.25, -0.2) is 0 Å². The van der Waals surface area contributed by atoms with Gasteiger partial charge in [-0.2, -0.15) is 0 Å². The summed E-state index contributed by atoms with van der Waals surface area (Å²) in [6.07, 6.45) is 8.28. The van der Waals surface area contributed by atoms with Crippen molar-refractivity contribution >= 4 is 17.7 Å². The first-order valence-corrected chi connectivity index (χ1v) is 13.4. The van der Waals surface area contributed by atoms with E-state index in [2.05, 4.69) is 6.08 Å². The van der Waals surface area contributed by atoms with Crippen molar-refractivity contribution in [2.45, 2.75) is 51.2 Å². The summed E-state index contributed by atoms with van der Waals surface area (Å²) in [5.41, 5.74) is 0.903. The third kappa shape index (κ3) is 5.59.